The molecule has 0 aliphatic rings. The van der Waals surface area contributed by atoms with E-state index in [1.807, 2.05) is 20.8 Å². The summed E-state index contributed by atoms with van der Waals surface area (Å²) in [6, 6.07) is -2.03. The minimum absolute atomic E-state index is 0.0265. The summed E-state index contributed by atoms with van der Waals surface area (Å²) in [6.07, 6.45) is 1.06. The van der Waals surface area contributed by atoms with E-state index in [1.165, 1.54) is 0 Å². The van der Waals surface area contributed by atoms with E-state index >= 15 is 0 Å². The minimum Gasteiger partial charge on any atom is -0.346 e. The number of rotatable bonds is 20. The normalized spacial score (nSPS) is 13.8. The first-order chi connectivity index (χ1) is 17.2. The van der Waals surface area contributed by atoms with Gasteiger partial charge in [0.05, 0.1) is 18.1 Å². The molecule has 0 aliphatic heterocycles. The fourth-order valence-electron chi connectivity index (χ4n) is 3.90. The Labute approximate surface area is 222 Å². The van der Waals surface area contributed by atoms with E-state index in [0.29, 0.717) is 13.0 Å². The summed E-state index contributed by atoms with van der Waals surface area (Å²) >= 11 is 0. The zero-order valence-electron chi connectivity index (χ0n) is 24.1. The Balaban J connectivity index is 5.09. The largest absolute Gasteiger partial charge is 0.346 e. The van der Waals surface area contributed by atoms with Crippen LogP contribution in [0.1, 0.15) is 100 Å². The molecule has 0 saturated carbocycles. The lowest BCUT2D eigenvalue weighted by atomic mass is 9.94. The number of carbonyl (C=O) groups excluding carboxylic acids is 6. The maximum atomic E-state index is 12.7. The molecule has 0 saturated heterocycles. The molecule has 0 bridgehead atoms. The SMILES string of the molecule is CCNC(CCC(=O)NC(CCC(=O)NC(CCC(=O)C(C)C)C(=O)C(C)C)C(=O)CC)C(=O)C(C)C. The molecule has 0 aromatic carbocycles. The van der Waals surface area contributed by atoms with Crippen LogP contribution in [0.3, 0.4) is 0 Å². The van der Waals surface area contributed by atoms with Crippen LogP contribution in [-0.4, -0.2) is 59.6 Å². The molecule has 212 valence electrons. The highest BCUT2D eigenvalue weighted by Gasteiger charge is 2.27. The lowest BCUT2D eigenvalue weighted by Gasteiger charge is -2.22. The molecule has 9 nitrogen and oxygen atoms in total. The van der Waals surface area contributed by atoms with Crippen LogP contribution < -0.4 is 16.0 Å². The van der Waals surface area contributed by atoms with Gasteiger partial charge in [0.25, 0.3) is 0 Å². The van der Waals surface area contributed by atoms with Crippen molar-refractivity contribution >= 4 is 34.9 Å². The van der Waals surface area contributed by atoms with E-state index in [9.17, 15) is 28.8 Å². The zero-order chi connectivity index (χ0) is 28.7. The number of nitrogens with one attached hydrogen (secondary N) is 3. The lowest BCUT2D eigenvalue weighted by molar-refractivity contribution is -0.131. The van der Waals surface area contributed by atoms with Crippen molar-refractivity contribution in [3.63, 3.8) is 0 Å². The Kier molecular flexibility index (Phi) is 16.8. The van der Waals surface area contributed by atoms with Crippen LogP contribution in [0.2, 0.25) is 0 Å². The van der Waals surface area contributed by atoms with E-state index in [0.717, 1.165) is 0 Å². The molecule has 0 aromatic heterocycles. The summed E-state index contributed by atoms with van der Waals surface area (Å²) in [6.45, 7) is 14.9. The molecule has 3 unspecified atom stereocenters. The summed E-state index contributed by atoms with van der Waals surface area (Å²) in [5.41, 5.74) is 0. The molecular formula is C28H49N3O6. The molecule has 3 atom stereocenters. The molecule has 0 rings (SSSR count). The average Bonchev–Trinajstić information content (AvgIpc) is 2.84. The topological polar surface area (TPSA) is 139 Å². The van der Waals surface area contributed by atoms with E-state index in [2.05, 4.69) is 16.0 Å². The average molecular weight is 524 g/mol. The molecular weight excluding hydrogens is 474 g/mol. The van der Waals surface area contributed by atoms with Crippen LogP contribution in [-0.2, 0) is 28.8 Å². The molecule has 3 N–H and O–H groups in total. The second-order valence-electron chi connectivity index (χ2n) is 10.5. The number of hydrogen-bond donors (Lipinski definition) is 3. The third kappa shape index (κ3) is 13.6. The number of Topliss-reactive ketones (excluding diaryl/α,β-unsaturated/α-hetero) is 4. The minimum atomic E-state index is -0.830. The summed E-state index contributed by atoms with van der Waals surface area (Å²) in [4.78, 5) is 74.7. The first-order valence-electron chi connectivity index (χ1n) is 13.7. The molecule has 0 aromatic rings. The highest BCUT2D eigenvalue weighted by Crippen LogP contribution is 2.12. The highest BCUT2D eigenvalue weighted by molar-refractivity contribution is 5.92. The Bertz CT molecular complexity index is 791. The molecule has 37 heavy (non-hydrogen) atoms. The predicted octanol–water partition coefficient (Wildman–Crippen LogP) is 2.93. The van der Waals surface area contributed by atoms with Crippen LogP contribution in [0.4, 0.5) is 0 Å². The molecule has 0 heterocycles. The van der Waals surface area contributed by atoms with Gasteiger partial charge in [0.1, 0.15) is 5.78 Å². The molecule has 0 radical (unpaired) electrons. The van der Waals surface area contributed by atoms with Crippen LogP contribution in [0.15, 0.2) is 0 Å². The van der Waals surface area contributed by atoms with Gasteiger partial charge in [-0.25, -0.2) is 0 Å². The number of hydrogen-bond acceptors (Lipinski definition) is 7. The Morgan fingerprint density at radius 3 is 1.41 bits per heavy atom. The Hall–Kier alpha value is -2.42. The fraction of sp³-hybridized carbons (Fsp3) is 0.786. The van der Waals surface area contributed by atoms with E-state index < -0.39 is 24.0 Å². The molecule has 2 amide bonds. The molecule has 0 fully saturated rings. The van der Waals surface area contributed by atoms with Crippen molar-refractivity contribution in [2.75, 3.05) is 6.54 Å². The number of ketones is 4. The van der Waals surface area contributed by atoms with Crippen molar-refractivity contribution in [2.24, 2.45) is 17.8 Å². The number of amides is 2. The van der Waals surface area contributed by atoms with E-state index in [1.54, 1.807) is 34.6 Å². The second kappa shape index (κ2) is 17.9. The van der Waals surface area contributed by atoms with Gasteiger partial charge in [-0.05, 0) is 25.8 Å². The number of carbonyl (C=O) groups is 6. The number of likely N-dealkylation sites (N-methyl/N-ethyl adjacent to an activating group) is 1. The second-order valence-corrected chi connectivity index (χ2v) is 10.5. The maximum absolute atomic E-state index is 12.7. The van der Waals surface area contributed by atoms with Crippen molar-refractivity contribution < 1.29 is 28.8 Å². The van der Waals surface area contributed by atoms with Crippen LogP contribution >= 0.6 is 0 Å². The quantitative estimate of drug-likeness (QED) is 0.223. The summed E-state index contributed by atoms with van der Waals surface area (Å²) in [5, 5.41) is 8.55. The van der Waals surface area contributed by atoms with Crippen molar-refractivity contribution in [3.05, 3.63) is 0 Å². The van der Waals surface area contributed by atoms with Crippen molar-refractivity contribution in [1.82, 2.24) is 16.0 Å². The van der Waals surface area contributed by atoms with Gasteiger partial charge < -0.3 is 16.0 Å². The van der Waals surface area contributed by atoms with Gasteiger partial charge >= 0.3 is 0 Å². The maximum Gasteiger partial charge on any atom is 0.220 e. The summed E-state index contributed by atoms with van der Waals surface area (Å²) in [7, 11) is 0. The summed E-state index contributed by atoms with van der Waals surface area (Å²) in [5.74, 6) is -1.65. The van der Waals surface area contributed by atoms with Gasteiger partial charge in [0.2, 0.25) is 11.8 Å². The Morgan fingerprint density at radius 2 is 0.973 bits per heavy atom. The predicted molar refractivity (Wildman–Crippen MR) is 144 cm³/mol. The third-order valence-corrected chi connectivity index (χ3v) is 6.33. The standard InChI is InChI=1S/C28H49N3O6/c1-9-23(32)20(30-25(34)16-13-21(29-10-2)27(36)18(5)6)12-15-26(35)31-22(28(37)19(7)8)11-14-24(33)17(3)4/h17-22,29H,9-16H2,1-8H3,(H,30,34)(H,31,35). The van der Waals surface area contributed by atoms with Crippen molar-refractivity contribution in [3.8, 4) is 0 Å². The van der Waals surface area contributed by atoms with Gasteiger partial charge in [-0.15, -0.1) is 0 Å². The molecule has 9 heteroatoms. The molecule has 0 aliphatic carbocycles. The zero-order valence-corrected chi connectivity index (χ0v) is 24.1. The lowest BCUT2D eigenvalue weighted by Crippen LogP contribution is -2.45. The van der Waals surface area contributed by atoms with Crippen molar-refractivity contribution in [1.29, 1.82) is 0 Å². The van der Waals surface area contributed by atoms with Gasteiger partial charge in [-0.2, -0.15) is 0 Å². The van der Waals surface area contributed by atoms with E-state index in [-0.39, 0.29) is 85.3 Å². The van der Waals surface area contributed by atoms with Crippen molar-refractivity contribution in [2.45, 2.75) is 118 Å². The Morgan fingerprint density at radius 1 is 0.541 bits per heavy atom. The molecule has 0 spiro atoms. The van der Waals surface area contributed by atoms with Crippen LogP contribution in [0.25, 0.3) is 0 Å². The van der Waals surface area contributed by atoms with Gasteiger partial charge in [-0.1, -0.05) is 55.4 Å². The fourth-order valence-corrected chi connectivity index (χ4v) is 3.90. The summed E-state index contributed by atoms with van der Waals surface area (Å²) < 4.78 is 0. The highest BCUT2D eigenvalue weighted by atomic mass is 16.2. The van der Waals surface area contributed by atoms with Gasteiger partial charge in [0, 0.05) is 43.4 Å². The first-order valence-corrected chi connectivity index (χ1v) is 13.7. The van der Waals surface area contributed by atoms with Gasteiger partial charge in [-0.3, -0.25) is 28.8 Å². The first kappa shape index (κ1) is 34.6. The third-order valence-electron chi connectivity index (χ3n) is 6.33. The van der Waals surface area contributed by atoms with Crippen LogP contribution in [0, 0.1) is 17.8 Å². The van der Waals surface area contributed by atoms with E-state index in [4.69, 9.17) is 0 Å². The van der Waals surface area contributed by atoms with Gasteiger partial charge in [0.15, 0.2) is 17.3 Å². The smallest absolute Gasteiger partial charge is 0.220 e. The monoisotopic (exact) mass is 523 g/mol. The van der Waals surface area contributed by atoms with Crippen LogP contribution in [0.5, 0.6) is 0 Å².